The summed E-state index contributed by atoms with van der Waals surface area (Å²) in [6, 6.07) is 11.1. The molecule has 0 saturated carbocycles. The number of halogens is 1. The van der Waals surface area contributed by atoms with Crippen LogP contribution in [-0.4, -0.2) is 29.9 Å². The molecule has 0 fully saturated rings. The molecule has 0 saturated heterocycles. The Labute approximate surface area is 162 Å². The van der Waals surface area contributed by atoms with Crippen molar-refractivity contribution in [2.45, 2.75) is 19.8 Å². The lowest BCUT2D eigenvalue weighted by molar-refractivity contribution is 0.102. The van der Waals surface area contributed by atoms with Gasteiger partial charge in [-0.15, -0.1) is 0 Å². The maximum atomic E-state index is 13.2. The number of nitrogens with one attached hydrogen (secondary N) is 1. The molecule has 1 aromatic heterocycles. The van der Waals surface area contributed by atoms with E-state index in [0.717, 1.165) is 5.69 Å². The third kappa shape index (κ3) is 3.98. The summed E-state index contributed by atoms with van der Waals surface area (Å²) in [4.78, 5) is 12.9. The van der Waals surface area contributed by atoms with Gasteiger partial charge in [0.1, 0.15) is 17.3 Å². The van der Waals surface area contributed by atoms with Crippen molar-refractivity contribution in [3.8, 4) is 17.2 Å². The fraction of sp³-hybridized carbons (Fsp3) is 0.238. The number of nitrogens with zero attached hydrogens (tertiary/aromatic N) is 2. The molecule has 7 heteroatoms. The highest BCUT2D eigenvalue weighted by Gasteiger charge is 2.21. The van der Waals surface area contributed by atoms with E-state index in [2.05, 4.69) is 10.4 Å². The van der Waals surface area contributed by atoms with Gasteiger partial charge in [-0.25, -0.2) is 9.07 Å². The van der Waals surface area contributed by atoms with Crippen LogP contribution in [0.5, 0.6) is 11.5 Å². The van der Waals surface area contributed by atoms with E-state index in [9.17, 15) is 9.18 Å². The summed E-state index contributed by atoms with van der Waals surface area (Å²) in [5, 5.41) is 7.22. The van der Waals surface area contributed by atoms with Gasteiger partial charge >= 0.3 is 0 Å². The first-order chi connectivity index (χ1) is 13.4. The fourth-order valence-electron chi connectivity index (χ4n) is 2.95. The zero-order valence-corrected chi connectivity index (χ0v) is 16.2. The number of benzene rings is 2. The average molecular weight is 383 g/mol. The largest absolute Gasteiger partial charge is 0.497 e. The molecular weight excluding hydrogens is 361 g/mol. The average Bonchev–Trinajstić information content (AvgIpc) is 3.13. The molecule has 28 heavy (non-hydrogen) atoms. The van der Waals surface area contributed by atoms with Crippen molar-refractivity contribution >= 4 is 11.6 Å². The third-order valence-corrected chi connectivity index (χ3v) is 4.28. The summed E-state index contributed by atoms with van der Waals surface area (Å²) in [6.07, 6.45) is 1.52. The molecule has 0 aliphatic heterocycles. The minimum absolute atomic E-state index is 0.0214. The van der Waals surface area contributed by atoms with Crippen molar-refractivity contribution in [1.29, 1.82) is 0 Å². The number of methoxy groups -OCH3 is 2. The van der Waals surface area contributed by atoms with Crippen LogP contribution < -0.4 is 14.8 Å². The molecule has 0 aliphatic rings. The molecule has 0 aliphatic carbocycles. The van der Waals surface area contributed by atoms with Gasteiger partial charge in [-0.1, -0.05) is 13.8 Å². The predicted octanol–water partition coefficient (Wildman–Crippen LogP) is 4.40. The summed E-state index contributed by atoms with van der Waals surface area (Å²) in [7, 11) is 3.09. The van der Waals surface area contributed by atoms with E-state index in [0.29, 0.717) is 28.4 Å². The lowest BCUT2D eigenvalue weighted by Crippen LogP contribution is -2.15. The molecule has 6 nitrogen and oxygen atoms in total. The maximum Gasteiger partial charge on any atom is 0.259 e. The smallest absolute Gasteiger partial charge is 0.259 e. The van der Waals surface area contributed by atoms with Gasteiger partial charge in [0, 0.05) is 23.9 Å². The van der Waals surface area contributed by atoms with Crippen LogP contribution in [0.2, 0.25) is 0 Å². The van der Waals surface area contributed by atoms with Crippen LogP contribution in [0.25, 0.3) is 5.69 Å². The Bertz CT molecular complexity index is 959. The molecule has 1 amide bonds. The van der Waals surface area contributed by atoms with Gasteiger partial charge in [0.25, 0.3) is 5.91 Å². The summed E-state index contributed by atoms with van der Waals surface area (Å²) in [5.41, 5.74) is 2.41. The van der Waals surface area contributed by atoms with Crippen molar-refractivity contribution in [2.75, 3.05) is 19.5 Å². The molecule has 2 aromatic carbocycles. The molecule has 1 N–H and O–H groups in total. The number of carbonyl (C=O) groups excluding carboxylic acids is 1. The van der Waals surface area contributed by atoms with E-state index >= 15 is 0 Å². The minimum atomic E-state index is -0.327. The van der Waals surface area contributed by atoms with Gasteiger partial charge in [0.2, 0.25) is 0 Å². The van der Waals surface area contributed by atoms with E-state index in [1.165, 1.54) is 18.3 Å². The second-order valence-electron chi connectivity index (χ2n) is 6.54. The monoisotopic (exact) mass is 383 g/mol. The quantitative estimate of drug-likeness (QED) is 0.685. The number of carbonyl (C=O) groups is 1. The van der Waals surface area contributed by atoms with Gasteiger partial charge in [-0.05, 0) is 30.2 Å². The lowest BCUT2D eigenvalue weighted by atomic mass is 10.0. The van der Waals surface area contributed by atoms with Crippen molar-refractivity contribution in [3.05, 3.63) is 65.7 Å². The second-order valence-corrected chi connectivity index (χ2v) is 6.54. The van der Waals surface area contributed by atoms with Gasteiger partial charge in [0.15, 0.2) is 0 Å². The van der Waals surface area contributed by atoms with Gasteiger partial charge in [-0.3, -0.25) is 4.79 Å². The van der Waals surface area contributed by atoms with E-state index in [1.807, 2.05) is 13.8 Å². The van der Waals surface area contributed by atoms with Crippen molar-refractivity contribution in [1.82, 2.24) is 9.78 Å². The molecule has 3 rings (SSSR count). The summed E-state index contributed by atoms with van der Waals surface area (Å²) in [5.74, 6) is 0.536. The highest BCUT2D eigenvalue weighted by Crippen LogP contribution is 2.28. The summed E-state index contributed by atoms with van der Waals surface area (Å²) >= 11 is 0. The molecule has 3 aromatic rings. The van der Waals surface area contributed by atoms with Gasteiger partial charge in [0.05, 0.1) is 37.4 Å². The second kappa shape index (κ2) is 8.12. The van der Waals surface area contributed by atoms with Crippen LogP contribution in [0, 0.1) is 5.82 Å². The number of anilines is 1. The Balaban J connectivity index is 1.95. The Morgan fingerprint density at radius 2 is 1.68 bits per heavy atom. The van der Waals surface area contributed by atoms with Crippen LogP contribution in [0.1, 0.15) is 35.8 Å². The maximum absolute atomic E-state index is 13.2. The zero-order chi connectivity index (χ0) is 20.3. The summed E-state index contributed by atoms with van der Waals surface area (Å²) < 4.78 is 25.4. The van der Waals surface area contributed by atoms with Gasteiger partial charge < -0.3 is 14.8 Å². The highest BCUT2D eigenvalue weighted by atomic mass is 19.1. The zero-order valence-electron chi connectivity index (χ0n) is 16.2. The molecule has 0 bridgehead atoms. The number of ether oxygens (including phenoxy) is 2. The molecular formula is C21H22FN3O3. The topological polar surface area (TPSA) is 65.4 Å². The van der Waals surface area contributed by atoms with Crippen molar-refractivity contribution in [3.63, 3.8) is 0 Å². The Kier molecular flexibility index (Phi) is 5.63. The molecule has 0 atom stereocenters. The number of aromatic nitrogens is 2. The minimum Gasteiger partial charge on any atom is -0.497 e. The van der Waals surface area contributed by atoms with Crippen LogP contribution in [0.3, 0.4) is 0 Å². The number of rotatable bonds is 6. The Morgan fingerprint density at radius 1 is 1.07 bits per heavy atom. The highest BCUT2D eigenvalue weighted by molar-refractivity contribution is 6.05. The van der Waals surface area contributed by atoms with E-state index in [1.54, 1.807) is 49.2 Å². The Morgan fingerprint density at radius 3 is 2.21 bits per heavy atom. The predicted molar refractivity (Wildman–Crippen MR) is 105 cm³/mol. The fourth-order valence-corrected chi connectivity index (χ4v) is 2.95. The van der Waals surface area contributed by atoms with Crippen LogP contribution >= 0.6 is 0 Å². The van der Waals surface area contributed by atoms with Gasteiger partial charge in [-0.2, -0.15) is 5.10 Å². The number of hydrogen-bond acceptors (Lipinski definition) is 4. The molecule has 146 valence electrons. The SMILES string of the molecule is COc1cc(NC(=O)c2cnn(-c3ccc(F)cc3)c2C(C)C)cc(OC)c1. The molecule has 0 unspecified atom stereocenters. The van der Waals surface area contributed by atoms with E-state index < -0.39 is 0 Å². The summed E-state index contributed by atoms with van der Waals surface area (Å²) in [6.45, 7) is 3.95. The standard InChI is InChI=1S/C21H22FN3O3/c1-13(2)20-19(12-23-25(20)16-7-5-14(22)6-8-16)21(26)24-15-9-17(27-3)11-18(10-15)28-4/h5-13H,1-4H3,(H,24,26). The third-order valence-electron chi connectivity index (χ3n) is 4.28. The van der Waals surface area contributed by atoms with Crippen molar-refractivity contribution < 1.29 is 18.7 Å². The van der Waals surface area contributed by atoms with E-state index in [4.69, 9.17) is 9.47 Å². The van der Waals surface area contributed by atoms with Crippen LogP contribution in [0.4, 0.5) is 10.1 Å². The van der Waals surface area contributed by atoms with Crippen LogP contribution in [0.15, 0.2) is 48.7 Å². The number of hydrogen-bond donors (Lipinski definition) is 1. The van der Waals surface area contributed by atoms with Crippen LogP contribution in [-0.2, 0) is 0 Å². The first-order valence-corrected chi connectivity index (χ1v) is 8.81. The molecule has 0 spiro atoms. The first kappa shape index (κ1) is 19.4. The first-order valence-electron chi connectivity index (χ1n) is 8.81. The number of amides is 1. The molecule has 0 radical (unpaired) electrons. The van der Waals surface area contributed by atoms with Crippen molar-refractivity contribution in [2.24, 2.45) is 0 Å². The Hall–Kier alpha value is -3.35. The normalized spacial score (nSPS) is 10.8. The lowest BCUT2D eigenvalue weighted by Gasteiger charge is -2.14. The van der Waals surface area contributed by atoms with E-state index in [-0.39, 0.29) is 17.6 Å². The molecule has 1 heterocycles.